The van der Waals surface area contributed by atoms with Crippen molar-refractivity contribution in [3.8, 4) is 28.6 Å². The van der Waals surface area contributed by atoms with Crippen molar-refractivity contribution < 1.29 is 18.6 Å². The average molecular weight is 388 g/mol. The van der Waals surface area contributed by atoms with Crippen LogP contribution in [0.4, 0.5) is 0 Å². The molecule has 0 unspecified atom stereocenters. The highest BCUT2D eigenvalue weighted by Crippen LogP contribution is 2.33. The van der Waals surface area contributed by atoms with Crippen LogP contribution < -0.4 is 19.6 Å². The zero-order valence-electron chi connectivity index (χ0n) is 16.2. The van der Waals surface area contributed by atoms with Crippen LogP contribution in [0, 0.1) is 0 Å². The van der Waals surface area contributed by atoms with E-state index in [1.54, 1.807) is 44.6 Å². The van der Waals surface area contributed by atoms with E-state index >= 15 is 0 Å². The van der Waals surface area contributed by atoms with Gasteiger partial charge in [0.15, 0.2) is 16.9 Å². The van der Waals surface area contributed by atoms with Crippen LogP contribution in [0.25, 0.3) is 22.3 Å². The quantitative estimate of drug-likeness (QED) is 0.462. The molecule has 4 rings (SSSR count). The fraction of sp³-hybridized carbons (Fsp3) is 0.125. The Morgan fingerprint density at radius 3 is 2.38 bits per heavy atom. The molecule has 0 aliphatic carbocycles. The van der Waals surface area contributed by atoms with Gasteiger partial charge in [-0.05, 0) is 42.0 Å². The first-order valence-electron chi connectivity index (χ1n) is 9.15. The highest BCUT2D eigenvalue weighted by atomic mass is 16.5. The summed E-state index contributed by atoms with van der Waals surface area (Å²) >= 11 is 0. The van der Waals surface area contributed by atoms with E-state index < -0.39 is 0 Å². The third kappa shape index (κ3) is 3.94. The van der Waals surface area contributed by atoms with Gasteiger partial charge in [-0.25, -0.2) is 0 Å². The lowest BCUT2D eigenvalue weighted by Crippen LogP contribution is -2.02. The molecule has 5 heteroatoms. The van der Waals surface area contributed by atoms with Crippen molar-refractivity contribution in [3.63, 3.8) is 0 Å². The first-order valence-corrected chi connectivity index (χ1v) is 9.15. The van der Waals surface area contributed by atoms with Gasteiger partial charge in [-0.2, -0.15) is 0 Å². The summed E-state index contributed by atoms with van der Waals surface area (Å²) in [6.07, 6.45) is 0. The van der Waals surface area contributed by atoms with E-state index in [4.69, 9.17) is 18.6 Å². The monoisotopic (exact) mass is 388 g/mol. The zero-order chi connectivity index (χ0) is 20.2. The number of hydrogen-bond donors (Lipinski definition) is 0. The number of rotatable bonds is 6. The number of methoxy groups -OCH3 is 2. The second kappa shape index (κ2) is 8.10. The largest absolute Gasteiger partial charge is 0.493 e. The minimum atomic E-state index is -0.138. The predicted octanol–water partition coefficient (Wildman–Crippen LogP) is 5.06. The summed E-state index contributed by atoms with van der Waals surface area (Å²) in [4.78, 5) is 12.7. The highest BCUT2D eigenvalue weighted by Gasteiger charge is 2.11. The van der Waals surface area contributed by atoms with Gasteiger partial charge in [0, 0.05) is 11.6 Å². The lowest BCUT2D eigenvalue weighted by atomic mass is 10.1. The van der Waals surface area contributed by atoms with E-state index in [0.29, 0.717) is 40.6 Å². The molecule has 0 spiro atoms. The van der Waals surface area contributed by atoms with Gasteiger partial charge < -0.3 is 18.6 Å². The lowest BCUT2D eigenvalue weighted by molar-refractivity contribution is 0.306. The van der Waals surface area contributed by atoms with Crippen molar-refractivity contribution in [1.82, 2.24) is 0 Å². The molecule has 3 aromatic carbocycles. The maximum absolute atomic E-state index is 12.7. The van der Waals surface area contributed by atoms with Crippen LogP contribution in [0.1, 0.15) is 5.56 Å². The lowest BCUT2D eigenvalue weighted by Gasteiger charge is -2.10. The molecule has 0 amide bonds. The number of benzene rings is 3. The SMILES string of the molecule is COc1ccc(-c2cc(=O)c3cc(OCc4ccccc4)ccc3o2)cc1OC. The van der Waals surface area contributed by atoms with E-state index in [1.165, 1.54) is 6.07 Å². The van der Waals surface area contributed by atoms with E-state index in [1.807, 2.05) is 36.4 Å². The van der Waals surface area contributed by atoms with Gasteiger partial charge in [0.05, 0.1) is 19.6 Å². The summed E-state index contributed by atoms with van der Waals surface area (Å²) in [5, 5.41) is 0.472. The molecule has 1 aromatic heterocycles. The van der Waals surface area contributed by atoms with Crippen LogP contribution in [0.5, 0.6) is 17.2 Å². The molecule has 0 bridgehead atoms. The molecular formula is C24H20O5. The number of fused-ring (bicyclic) bond motifs is 1. The molecule has 0 fully saturated rings. The Morgan fingerprint density at radius 2 is 1.62 bits per heavy atom. The molecule has 4 aromatic rings. The summed E-state index contributed by atoms with van der Waals surface area (Å²) in [5.74, 6) is 2.26. The van der Waals surface area contributed by atoms with Gasteiger partial charge in [0.2, 0.25) is 0 Å². The Balaban J connectivity index is 1.65. The van der Waals surface area contributed by atoms with Gasteiger partial charge in [0.1, 0.15) is 23.7 Å². The van der Waals surface area contributed by atoms with Crippen molar-refractivity contribution in [2.75, 3.05) is 14.2 Å². The predicted molar refractivity (Wildman–Crippen MR) is 112 cm³/mol. The van der Waals surface area contributed by atoms with Crippen molar-refractivity contribution >= 4 is 11.0 Å². The topological polar surface area (TPSA) is 57.9 Å². The van der Waals surface area contributed by atoms with Crippen molar-refractivity contribution in [2.45, 2.75) is 6.61 Å². The minimum absolute atomic E-state index is 0.138. The Labute approximate surface area is 168 Å². The van der Waals surface area contributed by atoms with Gasteiger partial charge in [0.25, 0.3) is 0 Å². The van der Waals surface area contributed by atoms with E-state index in [2.05, 4.69) is 0 Å². The minimum Gasteiger partial charge on any atom is -0.493 e. The molecule has 0 atom stereocenters. The van der Waals surface area contributed by atoms with Crippen LogP contribution in [0.2, 0.25) is 0 Å². The molecule has 0 aliphatic heterocycles. The number of ether oxygens (including phenoxy) is 3. The fourth-order valence-electron chi connectivity index (χ4n) is 3.10. The second-order valence-corrected chi connectivity index (χ2v) is 6.48. The van der Waals surface area contributed by atoms with Gasteiger partial charge >= 0.3 is 0 Å². The van der Waals surface area contributed by atoms with E-state index in [-0.39, 0.29) is 5.43 Å². The van der Waals surface area contributed by atoms with Gasteiger partial charge in [-0.1, -0.05) is 30.3 Å². The molecule has 1 heterocycles. The van der Waals surface area contributed by atoms with Gasteiger partial charge in [-0.3, -0.25) is 4.79 Å². The standard InChI is InChI=1S/C24H20O5/c1-26-22-10-8-17(12-24(22)27-2)23-14-20(25)19-13-18(9-11-21(19)29-23)28-15-16-6-4-3-5-7-16/h3-14H,15H2,1-2H3. The molecule has 29 heavy (non-hydrogen) atoms. The first-order chi connectivity index (χ1) is 14.2. The summed E-state index contributed by atoms with van der Waals surface area (Å²) in [5.41, 5.74) is 2.14. The Morgan fingerprint density at radius 1 is 0.828 bits per heavy atom. The smallest absolute Gasteiger partial charge is 0.193 e. The summed E-state index contributed by atoms with van der Waals surface area (Å²) in [7, 11) is 3.14. The molecule has 0 N–H and O–H groups in total. The zero-order valence-corrected chi connectivity index (χ0v) is 16.2. The summed E-state index contributed by atoms with van der Waals surface area (Å²) in [6, 6.07) is 22.0. The maximum Gasteiger partial charge on any atom is 0.193 e. The molecule has 0 radical (unpaired) electrons. The van der Waals surface area contributed by atoms with E-state index in [9.17, 15) is 4.79 Å². The van der Waals surface area contributed by atoms with Crippen LogP contribution in [-0.2, 0) is 6.61 Å². The Hall–Kier alpha value is -3.73. The normalized spacial score (nSPS) is 10.7. The molecule has 0 saturated heterocycles. The van der Waals surface area contributed by atoms with Crippen molar-refractivity contribution in [3.05, 3.63) is 88.6 Å². The van der Waals surface area contributed by atoms with E-state index in [0.717, 1.165) is 11.1 Å². The van der Waals surface area contributed by atoms with Crippen LogP contribution in [-0.4, -0.2) is 14.2 Å². The number of hydrogen-bond acceptors (Lipinski definition) is 5. The van der Waals surface area contributed by atoms with Crippen LogP contribution in [0.3, 0.4) is 0 Å². The molecule has 5 nitrogen and oxygen atoms in total. The maximum atomic E-state index is 12.7. The molecule has 0 aliphatic rings. The van der Waals surface area contributed by atoms with Crippen molar-refractivity contribution in [1.29, 1.82) is 0 Å². The third-order valence-electron chi connectivity index (χ3n) is 4.61. The molecular weight excluding hydrogens is 368 g/mol. The highest BCUT2D eigenvalue weighted by molar-refractivity contribution is 5.80. The summed E-state index contributed by atoms with van der Waals surface area (Å²) < 4.78 is 22.4. The second-order valence-electron chi connectivity index (χ2n) is 6.48. The Kier molecular flexibility index (Phi) is 5.20. The van der Waals surface area contributed by atoms with Gasteiger partial charge in [-0.15, -0.1) is 0 Å². The van der Waals surface area contributed by atoms with Crippen molar-refractivity contribution in [2.24, 2.45) is 0 Å². The summed E-state index contributed by atoms with van der Waals surface area (Å²) in [6.45, 7) is 0.432. The molecule has 146 valence electrons. The third-order valence-corrected chi connectivity index (χ3v) is 4.61. The fourth-order valence-corrected chi connectivity index (χ4v) is 3.10. The average Bonchev–Trinajstić information content (AvgIpc) is 2.78. The molecule has 0 saturated carbocycles. The van der Waals surface area contributed by atoms with Crippen LogP contribution >= 0.6 is 0 Å². The van der Waals surface area contributed by atoms with Crippen LogP contribution in [0.15, 0.2) is 82.0 Å². The first kappa shape index (κ1) is 18.6. The Bertz CT molecular complexity index is 1200.